The van der Waals surface area contributed by atoms with E-state index in [4.69, 9.17) is 4.74 Å². The summed E-state index contributed by atoms with van der Waals surface area (Å²) in [6, 6.07) is 7.72. The highest BCUT2D eigenvalue weighted by atomic mass is 32.1. The van der Waals surface area contributed by atoms with Gasteiger partial charge in [-0.15, -0.1) is 11.3 Å². The number of carbonyl (C=O) groups is 2. The lowest BCUT2D eigenvalue weighted by atomic mass is 9.82. The molecule has 0 saturated carbocycles. The van der Waals surface area contributed by atoms with Crippen molar-refractivity contribution < 1.29 is 27.5 Å². The molecule has 0 bridgehead atoms. The molecule has 1 amide bonds. The highest BCUT2D eigenvalue weighted by Gasteiger charge is 2.43. The Bertz CT molecular complexity index is 1160. The van der Waals surface area contributed by atoms with Crippen molar-refractivity contribution in [2.75, 3.05) is 18.6 Å². The van der Waals surface area contributed by atoms with Gasteiger partial charge in [0.15, 0.2) is 11.6 Å². The van der Waals surface area contributed by atoms with Crippen molar-refractivity contribution in [1.29, 1.82) is 0 Å². The average molecular weight is 434 g/mol. The SMILES string of the molecule is CCOC(=O)C(c1nc2c(F)c(F)cc(F)c2s1)C1Cc2ccccc2N(C)C1=O. The van der Waals surface area contributed by atoms with Gasteiger partial charge in [-0.05, 0) is 25.0 Å². The number of thiazole rings is 1. The number of rotatable bonds is 4. The van der Waals surface area contributed by atoms with Gasteiger partial charge in [-0.1, -0.05) is 18.2 Å². The minimum absolute atomic E-state index is 0.0120. The first-order chi connectivity index (χ1) is 14.3. The molecule has 1 aliphatic rings. The summed E-state index contributed by atoms with van der Waals surface area (Å²) in [5, 5.41) is 0.0120. The van der Waals surface area contributed by atoms with E-state index in [9.17, 15) is 22.8 Å². The molecule has 2 atom stereocenters. The first-order valence-electron chi connectivity index (χ1n) is 9.29. The Morgan fingerprint density at radius 2 is 2.03 bits per heavy atom. The second kappa shape index (κ2) is 7.71. The van der Waals surface area contributed by atoms with Crippen LogP contribution in [-0.4, -0.2) is 30.5 Å². The predicted molar refractivity (Wildman–Crippen MR) is 106 cm³/mol. The van der Waals surface area contributed by atoms with Crippen molar-refractivity contribution in [2.24, 2.45) is 5.92 Å². The molecule has 0 saturated heterocycles. The van der Waals surface area contributed by atoms with Gasteiger partial charge >= 0.3 is 5.97 Å². The lowest BCUT2D eigenvalue weighted by Crippen LogP contribution is -2.43. The standard InChI is InChI=1S/C21H17F3N2O3S/c1-3-29-21(28)15(11-8-10-6-4-5-7-14(10)26(2)20(11)27)19-25-17-16(24)12(22)9-13(23)18(17)30-19/h4-7,9,11,15H,3,8H2,1-2H3. The first-order valence-corrected chi connectivity index (χ1v) is 10.1. The molecule has 156 valence electrons. The molecule has 0 radical (unpaired) electrons. The summed E-state index contributed by atoms with van der Waals surface area (Å²) in [5.41, 5.74) is 1.08. The van der Waals surface area contributed by atoms with E-state index in [0.29, 0.717) is 6.07 Å². The molecule has 30 heavy (non-hydrogen) atoms. The van der Waals surface area contributed by atoms with Crippen molar-refractivity contribution in [3.63, 3.8) is 0 Å². The Morgan fingerprint density at radius 1 is 1.30 bits per heavy atom. The topological polar surface area (TPSA) is 59.5 Å². The maximum atomic E-state index is 14.2. The van der Waals surface area contributed by atoms with Crippen molar-refractivity contribution in [3.05, 3.63) is 58.4 Å². The van der Waals surface area contributed by atoms with Crippen LogP contribution in [0.5, 0.6) is 0 Å². The monoisotopic (exact) mass is 434 g/mol. The maximum absolute atomic E-state index is 14.2. The molecule has 0 fully saturated rings. The number of esters is 1. The number of aromatic nitrogens is 1. The number of ether oxygens (including phenoxy) is 1. The number of hydrogen-bond acceptors (Lipinski definition) is 5. The van der Waals surface area contributed by atoms with Crippen LogP contribution < -0.4 is 4.90 Å². The lowest BCUT2D eigenvalue weighted by molar-refractivity contribution is -0.148. The number of halogens is 3. The smallest absolute Gasteiger partial charge is 0.316 e. The van der Waals surface area contributed by atoms with Gasteiger partial charge in [0.25, 0.3) is 0 Å². The number of para-hydroxylation sites is 1. The van der Waals surface area contributed by atoms with E-state index in [2.05, 4.69) is 4.98 Å². The fourth-order valence-electron chi connectivity index (χ4n) is 3.77. The molecule has 0 N–H and O–H groups in total. The van der Waals surface area contributed by atoms with Crippen LogP contribution in [0.2, 0.25) is 0 Å². The highest BCUT2D eigenvalue weighted by Crippen LogP contribution is 2.41. The predicted octanol–water partition coefficient (Wildman–Crippen LogP) is 4.20. The van der Waals surface area contributed by atoms with Crippen LogP contribution >= 0.6 is 11.3 Å². The van der Waals surface area contributed by atoms with Crippen LogP contribution in [0.25, 0.3) is 10.2 Å². The highest BCUT2D eigenvalue weighted by molar-refractivity contribution is 7.18. The molecular weight excluding hydrogens is 417 g/mol. The molecule has 4 rings (SSSR count). The van der Waals surface area contributed by atoms with Crippen LogP contribution in [0.3, 0.4) is 0 Å². The number of fused-ring (bicyclic) bond motifs is 2. The molecule has 0 spiro atoms. The van der Waals surface area contributed by atoms with Crippen molar-refractivity contribution in [1.82, 2.24) is 4.98 Å². The van der Waals surface area contributed by atoms with Gasteiger partial charge in [-0.25, -0.2) is 18.2 Å². The van der Waals surface area contributed by atoms with Crippen molar-refractivity contribution in [2.45, 2.75) is 19.3 Å². The largest absolute Gasteiger partial charge is 0.465 e. The third kappa shape index (κ3) is 3.23. The van der Waals surface area contributed by atoms with Gasteiger partial charge < -0.3 is 9.64 Å². The molecule has 0 aliphatic carbocycles. The summed E-state index contributed by atoms with van der Waals surface area (Å²) in [5.74, 6) is -6.75. The fourth-order valence-corrected chi connectivity index (χ4v) is 4.89. The summed E-state index contributed by atoms with van der Waals surface area (Å²) in [6.45, 7) is 1.68. The molecule has 2 aromatic carbocycles. The Balaban J connectivity index is 1.85. The van der Waals surface area contributed by atoms with Crippen LogP contribution in [0.4, 0.5) is 18.9 Å². The number of amides is 1. The van der Waals surface area contributed by atoms with E-state index in [1.165, 1.54) is 4.90 Å². The zero-order valence-corrected chi connectivity index (χ0v) is 16.9. The second-order valence-corrected chi connectivity index (χ2v) is 7.98. The molecule has 2 heterocycles. The van der Waals surface area contributed by atoms with Crippen LogP contribution in [0, 0.1) is 23.4 Å². The minimum Gasteiger partial charge on any atom is -0.465 e. The summed E-state index contributed by atoms with van der Waals surface area (Å²) in [7, 11) is 1.60. The van der Waals surface area contributed by atoms with Gasteiger partial charge in [0, 0.05) is 18.8 Å². The normalized spacial score (nSPS) is 17.2. The van der Waals surface area contributed by atoms with Crippen molar-refractivity contribution >= 4 is 39.1 Å². The van der Waals surface area contributed by atoms with E-state index in [1.54, 1.807) is 26.1 Å². The summed E-state index contributed by atoms with van der Waals surface area (Å²) in [6.07, 6.45) is 0.234. The van der Waals surface area contributed by atoms with Gasteiger partial charge in [0.1, 0.15) is 22.3 Å². The van der Waals surface area contributed by atoms with E-state index in [-0.39, 0.29) is 28.6 Å². The van der Waals surface area contributed by atoms with E-state index in [0.717, 1.165) is 22.6 Å². The molecule has 2 unspecified atom stereocenters. The van der Waals surface area contributed by atoms with E-state index >= 15 is 0 Å². The number of carbonyl (C=O) groups excluding carboxylic acids is 2. The van der Waals surface area contributed by atoms with Gasteiger partial charge in [0.2, 0.25) is 5.91 Å². The molecule has 9 heteroatoms. The third-order valence-corrected chi connectivity index (χ3v) is 6.33. The van der Waals surface area contributed by atoms with Crippen molar-refractivity contribution in [3.8, 4) is 0 Å². The summed E-state index contributed by atoms with van der Waals surface area (Å²) >= 11 is 0.723. The Kier molecular flexibility index (Phi) is 5.23. The second-order valence-electron chi connectivity index (χ2n) is 6.95. The average Bonchev–Trinajstić information content (AvgIpc) is 3.16. The Hall–Kier alpha value is -2.94. The minimum atomic E-state index is -1.37. The molecule has 5 nitrogen and oxygen atoms in total. The lowest BCUT2D eigenvalue weighted by Gasteiger charge is -2.34. The number of benzene rings is 2. The number of anilines is 1. The summed E-state index contributed by atoms with van der Waals surface area (Å²) in [4.78, 5) is 31.4. The van der Waals surface area contributed by atoms with Gasteiger partial charge in [-0.2, -0.15) is 0 Å². The molecular formula is C21H17F3N2O3S. The fraction of sp³-hybridized carbons (Fsp3) is 0.286. The Morgan fingerprint density at radius 3 is 2.77 bits per heavy atom. The summed E-state index contributed by atoms with van der Waals surface area (Å²) < 4.78 is 47.0. The van der Waals surface area contributed by atoms with Crippen LogP contribution in [0.1, 0.15) is 23.4 Å². The van der Waals surface area contributed by atoms with Crippen LogP contribution in [0.15, 0.2) is 30.3 Å². The maximum Gasteiger partial charge on any atom is 0.316 e. The van der Waals surface area contributed by atoms with E-state index in [1.807, 2.05) is 12.1 Å². The first kappa shape index (κ1) is 20.3. The molecule has 3 aromatic rings. The van der Waals surface area contributed by atoms with Gasteiger partial charge in [0.05, 0.1) is 17.2 Å². The molecule has 1 aromatic heterocycles. The zero-order chi connectivity index (χ0) is 21.6. The Labute approximate surface area is 174 Å². The quantitative estimate of drug-likeness (QED) is 0.456. The number of hydrogen-bond donors (Lipinski definition) is 0. The van der Waals surface area contributed by atoms with Crippen LogP contribution in [-0.2, 0) is 20.7 Å². The van der Waals surface area contributed by atoms with Gasteiger partial charge in [-0.3, -0.25) is 9.59 Å². The van der Waals surface area contributed by atoms with E-state index < -0.39 is 40.8 Å². The third-order valence-electron chi connectivity index (χ3n) is 5.18. The molecule has 1 aliphatic heterocycles. The number of nitrogens with zero attached hydrogens (tertiary/aromatic N) is 2. The zero-order valence-electron chi connectivity index (χ0n) is 16.1.